The number of nitrogens with one attached hydrogen (secondary N) is 1. The van der Waals surface area contributed by atoms with Gasteiger partial charge in [0.25, 0.3) is 0 Å². The highest BCUT2D eigenvalue weighted by Crippen LogP contribution is 2.47. The zero-order chi connectivity index (χ0) is 10.7. The van der Waals surface area contributed by atoms with Gasteiger partial charge in [0, 0.05) is 6.04 Å². The molecule has 0 radical (unpaired) electrons. The van der Waals surface area contributed by atoms with E-state index in [1.54, 1.807) is 0 Å². The maximum atomic E-state index is 3.71. The van der Waals surface area contributed by atoms with Crippen molar-refractivity contribution in [3.05, 3.63) is 0 Å². The van der Waals surface area contributed by atoms with Crippen LogP contribution in [0.15, 0.2) is 0 Å². The summed E-state index contributed by atoms with van der Waals surface area (Å²) in [4.78, 5) is 0. The van der Waals surface area contributed by atoms with Gasteiger partial charge in [-0.1, -0.05) is 32.6 Å². The monoisotopic (exact) mass is 209 g/mol. The first-order valence-electron chi connectivity index (χ1n) is 6.94. The summed E-state index contributed by atoms with van der Waals surface area (Å²) >= 11 is 0. The highest BCUT2D eigenvalue weighted by molar-refractivity contribution is 4.96. The molecular weight excluding hydrogens is 182 g/mol. The minimum Gasteiger partial charge on any atom is -0.314 e. The Kier molecular flexibility index (Phi) is 3.71. The maximum Gasteiger partial charge on any atom is 0.00925 e. The molecule has 0 amide bonds. The Morgan fingerprint density at radius 3 is 2.53 bits per heavy atom. The Balaban J connectivity index is 1.51. The van der Waals surface area contributed by atoms with Gasteiger partial charge in [-0.3, -0.25) is 0 Å². The number of hydrogen-bond donors (Lipinski definition) is 1. The predicted molar refractivity (Wildman–Crippen MR) is 66.0 cm³/mol. The molecule has 1 nitrogen and oxygen atoms in total. The molecule has 0 aromatic heterocycles. The Morgan fingerprint density at radius 2 is 1.93 bits per heavy atom. The summed E-state index contributed by atoms with van der Waals surface area (Å²) in [6.07, 6.45) is 11.7. The van der Waals surface area contributed by atoms with Gasteiger partial charge in [-0.25, -0.2) is 0 Å². The lowest BCUT2D eigenvalue weighted by Gasteiger charge is -2.20. The minimum absolute atomic E-state index is 0.646. The fraction of sp³-hybridized carbons (Fsp3) is 1.00. The standard InChI is InChI=1S/C14H27N/c1-12(14(2)9-10-14)15-11-5-8-13-6-3-4-7-13/h12-13,15H,3-11H2,1-2H3. The van der Waals surface area contributed by atoms with Crippen molar-refractivity contribution in [2.45, 2.75) is 71.3 Å². The predicted octanol–water partition coefficient (Wildman–Crippen LogP) is 3.74. The van der Waals surface area contributed by atoms with E-state index in [-0.39, 0.29) is 0 Å². The highest BCUT2D eigenvalue weighted by atomic mass is 14.9. The molecule has 0 aromatic rings. The molecule has 0 spiro atoms. The summed E-state index contributed by atoms with van der Waals surface area (Å²) in [7, 11) is 0. The summed E-state index contributed by atoms with van der Waals surface area (Å²) in [5, 5.41) is 3.71. The minimum atomic E-state index is 0.646. The molecule has 1 atom stereocenters. The molecule has 0 heterocycles. The molecule has 88 valence electrons. The Bertz CT molecular complexity index is 190. The third-order valence-corrected chi connectivity index (χ3v) is 4.80. The van der Waals surface area contributed by atoms with Gasteiger partial charge in [0.2, 0.25) is 0 Å². The fourth-order valence-corrected chi connectivity index (χ4v) is 2.88. The third kappa shape index (κ3) is 3.21. The largest absolute Gasteiger partial charge is 0.314 e. The van der Waals surface area contributed by atoms with Crippen molar-refractivity contribution < 1.29 is 0 Å². The van der Waals surface area contributed by atoms with E-state index in [9.17, 15) is 0 Å². The van der Waals surface area contributed by atoms with Crippen LogP contribution >= 0.6 is 0 Å². The van der Waals surface area contributed by atoms with Gasteiger partial charge in [0.15, 0.2) is 0 Å². The van der Waals surface area contributed by atoms with Crippen LogP contribution in [0.5, 0.6) is 0 Å². The van der Waals surface area contributed by atoms with Crippen LogP contribution in [-0.2, 0) is 0 Å². The van der Waals surface area contributed by atoms with Gasteiger partial charge in [-0.2, -0.15) is 0 Å². The Hall–Kier alpha value is -0.0400. The SMILES string of the molecule is CC(NCCCC1CCCC1)C1(C)CC1. The third-order valence-electron chi connectivity index (χ3n) is 4.80. The lowest BCUT2D eigenvalue weighted by Crippen LogP contribution is -2.34. The molecule has 2 saturated carbocycles. The molecule has 0 saturated heterocycles. The van der Waals surface area contributed by atoms with Crippen molar-refractivity contribution in [2.24, 2.45) is 11.3 Å². The normalized spacial score (nSPS) is 26.8. The van der Waals surface area contributed by atoms with E-state index in [0.29, 0.717) is 5.41 Å². The first-order chi connectivity index (χ1) is 7.21. The van der Waals surface area contributed by atoms with E-state index in [0.717, 1.165) is 12.0 Å². The lowest BCUT2D eigenvalue weighted by molar-refractivity contribution is 0.368. The number of hydrogen-bond acceptors (Lipinski definition) is 1. The molecule has 2 aliphatic carbocycles. The Labute approximate surface area is 95.0 Å². The zero-order valence-electron chi connectivity index (χ0n) is 10.5. The van der Waals surface area contributed by atoms with Gasteiger partial charge in [0.1, 0.15) is 0 Å². The van der Waals surface area contributed by atoms with Gasteiger partial charge < -0.3 is 5.32 Å². The quantitative estimate of drug-likeness (QED) is 0.657. The molecule has 0 bridgehead atoms. The summed E-state index contributed by atoms with van der Waals surface area (Å²) < 4.78 is 0. The van der Waals surface area contributed by atoms with E-state index in [1.807, 2.05) is 0 Å². The average Bonchev–Trinajstić information content (AvgIpc) is 2.80. The molecule has 1 unspecified atom stereocenters. The maximum absolute atomic E-state index is 3.71. The van der Waals surface area contributed by atoms with Gasteiger partial charge >= 0.3 is 0 Å². The molecule has 15 heavy (non-hydrogen) atoms. The second-order valence-electron chi connectivity index (χ2n) is 6.12. The number of rotatable bonds is 6. The topological polar surface area (TPSA) is 12.0 Å². The fourth-order valence-electron chi connectivity index (χ4n) is 2.88. The van der Waals surface area contributed by atoms with Crippen LogP contribution in [0.4, 0.5) is 0 Å². The Morgan fingerprint density at radius 1 is 1.27 bits per heavy atom. The van der Waals surface area contributed by atoms with Crippen LogP contribution in [-0.4, -0.2) is 12.6 Å². The van der Waals surface area contributed by atoms with Crippen LogP contribution in [0.3, 0.4) is 0 Å². The van der Waals surface area contributed by atoms with Crippen molar-refractivity contribution in [3.63, 3.8) is 0 Å². The molecule has 1 heteroatoms. The van der Waals surface area contributed by atoms with Crippen LogP contribution in [0.2, 0.25) is 0 Å². The van der Waals surface area contributed by atoms with Crippen LogP contribution < -0.4 is 5.32 Å². The lowest BCUT2D eigenvalue weighted by atomic mass is 9.99. The van der Waals surface area contributed by atoms with Gasteiger partial charge in [-0.15, -0.1) is 0 Å². The zero-order valence-corrected chi connectivity index (χ0v) is 10.5. The van der Waals surface area contributed by atoms with Crippen molar-refractivity contribution in [2.75, 3.05) is 6.54 Å². The van der Waals surface area contributed by atoms with E-state index in [2.05, 4.69) is 19.2 Å². The van der Waals surface area contributed by atoms with E-state index >= 15 is 0 Å². The molecule has 2 aliphatic rings. The van der Waals surface area contributed by atoms with Crippen molar-refractivity contribution in [1.29, 1.82) is 0 Å². The first kappa shape index (κ1) is 11.4. The van der Waals surface area contributed by atoms with Crippen LogP contribution in [0.1, 0.15) is 65.2 Å². The molecule has 2 rings (SSSR count). The van der Waals surface area contributed by atoms with E-state index in [1.165, 1.54) is 57.9 Å². The van der Waals surface area contributed by atoms with Crippen LogP contribution in [0, 0.1) is 11.3 Å². The van der Waals surface area contributed by atoms with E-state index < -0.39 is 0 Å². The highest BCUT2D eigenvalue weighted by Gasteiger charge is 2.41. The molecule has 0 aliphatic heterocycles. The molecule has 0 aromatic carbocycles. The first-order valence-corrected chi connectivity index (χ1v) is 6.94. The van der Waals surface area contributed by atoms with E-state index in [4.69, 9.17) is 0 Å². The van der Waals surface area contributed by atoms with Gasteiger partial charge in [-0.05, 0) is 50.5 Å². The smallest absolute Gasteiger partial charge is 0.00925 e. The van der Waals surface area contributed by atoms with Crippen molar-refractivity contribution in [1.82, 2.24) is 5.32 Å². The van der Waals surface area contributed by atoms with Crippen molar-refractivity contribution >= 4 is 0 Å². The average molecular weight is 209 g/mol. The van der Waals surface area contributed by atoms with Gasteiger partial charge in [0.05, 0.1) is 0 Å². The summed E-state index contributed by atoms with van der Waals surface area (Å²) in [6, 6.07) is 0.737. The van der Waals surface area contributed by atoms with Crippen LogP contribution in [0.25, 0.3) is 0 Å². The summed E-state index contributed by atoms with van der Waals surface area (Å²) in [5.74, 6) is 1.07. The summed E-state index contributed by atoms with van der Waals surface area (Å²) in [5.41, 5.74) is 0.646. The molecule has 2 fully saturated rings. The summed E-state index contributed by atoms with van der Waals surface area (Å²) in [6.45, 7) is 6.03. The molecule has 1 N–H and O–H groups in total. The van der Waals surface area contributed by atoms with Crippen molar-refractivity contribution in [3.8, 4) is 0 Å². The second-order valence-corrected chi connectivity index (χ2v) is 6.12. The molecular formula is C14H27N. The second kappa shape index (κ2) is 4.86.